The average molecular weight is 449 g/mol. The van der Waals surface area contributed by atoms with E-state index in [0.717, 1.165) is 67.6 Å². The fraction of sp³-hybridized carbons (Fsp3) is 0.360. The summed E-state index contributed by atoms with van der Waals surface area (Å²) in [5.74, 6) is 0.0614. The number of aromatic nitrogens is 2. The van der Waals surface area contributed by atoms with Gasteiger partial charge in [0.1, 0.15) is 5.69 Å². The molecule has 2 aliphatic heterocycles. The van der Waals surface area contributed by atoms with E-state index in [1.54, 1.807) is 17.4 Å². The number of carbonyl (C=O) groups is 1. The maximum atomic E-state index is 12.9. The lowest BCUT2D eigenvalue weighted by molar-refractivity contribution is -0.127. The number of thiophene rings is 1. The summed E-state index contributed by atoms with van der Waals surface area (Å²) >= 11 is 1.65. The molecule has 6 nitrogen and oxygen atoms in total. The highest BCUT2D eigenvalue weighted by molar-refractivity contribution is 7.13. The predicted octanol–water partition coefficient (Wildman–Crippen LogP) is 3.94. The molecule has 0 saturated carbocycles. The maximum Gasteiger partial charge on any atom is 0.246 e. The van der Waals surface area contributed by atoms with Gasteiger partial charge in [-0.3, -0.25) is 9.69 Å². The van der Waals surface area contributed by atoms with Gasteiger partial charge in [-0.15, -0.1) is 11.3 Å². The lowest BCUT2D eigenvalue weighted by Gasteiger charge is -2.35. The van der Waals surface area contributed by atoms with Crippen LogP contribution in [-0.4, -0.2) is 70.9 Å². The van der Waals surface area contributed by atoms with Crippen molar-refractivity contribution in [2.75, 3.05) is 39.3 Å². The van der Waals surface area contributed by atoms with E-state index in [9.17, 15) is 4.79 Å². The van der Waals surface area contributed by atoms with Crippen LogP contribution in [0.3, 0.4) is 0 Å². The van der Waals surface area contributed by atoms with Crippen molar-refractivity contribution >= 4 is 23.3 Å². The minimum Gasteiger partial charge on any atom is -0.377 e. The van der Waals surface area contributed by atoms with E-state index < -0.39 is 0 Å². The van der Waals surface area contributed by atoms with E-state index in [-0.39, 0.29) is 5.91 Å². The SMILES string of the molecule is O=C(C=Cc1cn(-c2ccccc2)nc1-c1cccs1)N1CCN(CC2CCCO2)CC1. The van der Waals surface area contributed by atoms with Gasteiger partial charge in [0.15, 0.2) is 0 Å². The van der Waals surface area contributed by atoms with E-state index in [0.29, 0.717) is 6.10 Å². The molecule has 0 N–H and O–H groups in total. The second-order valence-corrected chi connectivity index (χ2v) is 9.23. The smallest absolute Gasteiger partial charge is 0.246 e. The van der Waals surface area contributed by atoms with Crippen LogP contribution in [0.2, 0.25) is 0 Å². The standard InChI is InChI=1S/C25H28N4O2S/c30-24(28-14-12-27(13-15-28)19-22-8-4-16-31-22)11-10-20-18-29(21-6-2-1-3-7-21)26-25(20)23-9-5-17-32-23/h1-3,5-7,9-11,17-18,22H,4,8,12-16,19H2. The first kappa shape index (κ1) is 21.1. The second-order valence-electron chi connectivity index (χ2n) is 8.28. The van der Waals surface area contributed by atoms with Crippen molar-refractivity contribution in [3.8, 4) is 16.3 Å². The highest BCUT2D eigenvalue weighted by Crippen LogP contribution is 2.28. The first-order valence-corrected chi connectivity index (χ1v) is 12.1. The van der Waals surface area contributed by atoms with Crippen LogP contribution in [0.1, 0.15) is 18.4 Å². The van der Waals surface area contributed by atoms with Gasteiger partial charge in [0.05, 0.1) is 16.7 Å². The van der Waals surface area contributed by atoms with Crippen LogP contribution in [0, 0.1) is 0 Å². The summed E-state index contributed by atoms with van der Waals surface area (Å²) in [4.78, 5) is 18.3. The summed E-state index contributed by atoms with van der Waals surface area (Å²) in [5.41, 5.74) is 2.84. The molecule has 0 spiro atoms. The van der Waals surface area contributed by atoms with E-state index in [1.807, 2.05) is 63.6 Å². The van der Waals surface area contributed by atoms with Crippen LogP contribution in [-0.2, 0) is 9.53 Å². The number of hydrogen-bond acceptors (Lipinski definition) is 5. The van der Waals surface area contributed by atoms with Gasteiger partial charge >= 0.3 is 0 Å². The second kappa shape index (κ2) is 9.81. The Bertz CT molecular complexity index is 1050. The Hall–Kier alpha value is -2.74. The summed E-state index contributed by atoms with van der Waals surface area (Å²) in [6, 6.07) is 14.1. The fourth-order valence-electron chi connectivity index (χ4n) is 4.32. The van der Waals surface area contributed by atoms with Gasteiger partial charge in [-0.2, -0.15) is 5.10 Å². The van der Waals surface area contributed by atoms with Gasteiger partial charge in [-0.1, -0.05) is 24.3 Å². The lowest BCUT2D eigenvalue weighted by Crippen LogP contribution is -2.50. The molecule has 166 valence electrons. The summed E-state index contributed by atoms with van der Waals surface area (Å²) < 4.78 is 7.63. The molecule has 5 rings (SSSR count). The van der Waals surface area contributed by atoms with Crippen molar-refractivity contribution in [3.63, 3.8) is 0 Å². The molecule has 2 fully saturated rings. The van der Waals surface area contributed by atoms with Gasteiger partial charge in [0.2, 0.25) is 5.91 Å². The molecule has 32 heavy (non-hydrogen) atoms. The Morgan fingerprint density at radius 3 is 2.69 bits per heavy atom. The molecule has 1 unspecified atom stereocenters. The van der Waals surface area contributed by atoms with E-state index in [1.165, 1.54) is 6.42 Å². The Balaban J connectivity index is 1.26. The van der Waals surface area contributed by atoms with Gasteiger partial charge in [-0.25, -0.2) is 4.68 Å². The largest absolute Gasteiger partial charge is 0.377 e. The van der Waals surface area contributed by atoms with Crippen LogP contribution in [0.15, 0.2) is 60.1 Å². The van der Waals surface area contributed by atoms with Crippen molar-refractivity contribution in [3.05, 3.63) is 65.7 Å². The van der Waals surface area contributed by atoms with E-state index in [4.69, 9.17) is 9.84 Å². The molecule has 0 radical (unpaired) electrons. The quantitative estimate of drug-likeness (QED) is 0.536. The van der Waals surface area contributed by atoms with Crippen molar-refractivity contribution in [2.24, 2.45) is 0 Å². The van der Waals surface area contributed by atoms with Gasteiger partial charge in [0, 0.05) is 57.2 Å². The minimum atomic E-state index is 0.0614. The zero-order valence-corrected chi connectivity index (χ0v) is 18.9. The molecule has 2 aromatic heterocycles. The topological polar surface area (TPSA) is 50.6 Å². The van der Waals surface area contributed by atoms with Crippen LogP contribution in [0.4, 0.5) is 0 Å². The van der Waals surface area contributed by atoms with Gasteiger partial charge in [0.25, 0.3) is 0 Å². The number of para-hydroxylation sites is 1. The molecule has 2 aliphatic rings. The number of piperazine rings is 1. The molecule has 1 atom stereocenters. The molecular weight excluding hydrogens is 420 g/mol. The number of hydrogen-bond donors (Lipinski definition) is 0. The molecule has 1 amide bonds. The van der Waals surface area contributed by atoms with E-state index in [2.05, 4.69) is 11.0 Å². The molecule has 3 aromatic rings. The fourth-order valence-corrected chi connectivity index (χ4v) is 5.05. The summed E-state index contributed by atoms with van der Waals surface area (Å²) in [5, 5.41) is 6.85. The van der Waals surface area contributed by atoms with Crippen molar-refractivity contribution < 1.29 is 9.53 Å². The number of benzene rings is 1. The number of carbonyl (C=O) groups excluding carboxylic acids is 1. The van der Waals surface area contributed by atoms with Crippen LogP contribution >= 0.6 is 11.3 Å². The van der Waals surface area contributed by atoms with Crippen molar-refractivity contribution in [1.29, 1.82) is 0 Å². The first-order valence-electron chi connectivity index (χ1n) is 11.3. The average Bonchev–Trinajstić information content (AvgIpc) is 3.60. The summed E-state index contributed by atoms with van der Waals surface area (Å²) in [6.45, 7) is 5.22. The highest BCUT2D eigenvalue weighted by atomic mass is 32.1. The zero-order chi connectivity index (χ0) is 21.8. The van der Waals surface area contributed by atoms with Gasteiger partial charge in [-0.05, 0) is 42.5 Å². The Labute approximate surface area is 192 Å². The van der Waals surface area contributed by atoms with Crippen LogP contribution in [0.25, 0.3) is 22.3 Å². The molecule has 4 heterocycles. The highest BCUT2D eigenvalue weighted by Gasteiger charge is 2.24. The van der Waals surface area contributed by atoms with Crippen molar-refractivity contribution in [2.45, 2.75) is 18.9 Å². The Morgan fingerprint density at radius 1 is 1.12 bits per heavy atom. The monoisotopic (exact) mass is 448 g/mol. The first-order chi connectivity index (χ1) is 15.8. The Kier molecular flexibility index (Phi) is 6.48. The van der Waals surface area contributed by atoms with Gasteiger partial charge < -0.3 is 9.64 Å². The van der Waals surface area contributed by atoms with Crippen LogP contribution < -0.4 is 0 Å². The zero-order valence-electron chi connectivity index (χ0n) is 18.1. The predicted molar refractivity (Wildman–Crippen MR) is 128 cm³/mol. The molecule has 0 bridgehead atoms. The third-order valence-corrected chi connectivity index (χ3v) is 6.97. The van der Waals surface area contributed by atoms with Crippen LogP contribution in [0.5, 0.6) is 0 Å². The molecule has 1 aromatic carbocycles. The number of amides is 1. The third kappa shape index (κ3) is 4.85. The molecular formula is C25H28N4O2S. The minimum absolute atomic E-state index is 0.0614. The Morgan fingerprint density at radius 2 is 1.97 bits per heavy atom. The molecule has 0 aliphatic carbocycles. The maximum absolute atomic E-state index is 12.9. The number of ether oxygens (including phenoxy) is 1. The normalized spacial score (nSPS) is 19.8. The summed E-state index contributed by atoms with van der Waals surface area (Å²) in [6.07, 6.45) is 8.29. The molecule has 7 heteroatoms. The third-order valence-electron chi connectivity index (χ3n) is 6.09. The van der Waals surface area contributed by atoms with E-state index >= 15 is 0 Å². The van der Waals surface area contributed by atoms with Crippen molar-refractivity contribution in [1.82, 2.24) is 19.6 Å². The molecule has 2 saturated heterocycles. The number of rotatable bonds is 6. The summed E-state index contributed by atoms with van der Waals surface area (Å²) in [7, 11) is 0. The number of nitrogens with zero attached hydrogens (tertiary/aromatic N) is 4. The lowest BCUT2D eigenvalue weighted by atomic mass is 10.2.